The lowest BCUT2D eigenvalue weighted by Gasteiger charge is -2.18. The third-order valence-corrected chi connectivity index (χ3v) is 5.82. The first kappa shape index (κ1) is 21.1. The van der Waals surface area contributed by atoms with E-state index in [1.54, 1.807) is 37.4 Å². The standard InChI is InChI=1S/C25H23F3N2O/c1-16-10-21(13-22(11-16)25(26,27)28)23-6-5-18(12-17(23)2)24(31)30-9-7-20(15-30)19-4-3-8-29-14-19/h3-6,8,10-14,20H,7,9,15H2,1-2H3. The zero-order valence-electron chi connectivity index (χ0n) is 17.4. The number of alkyl halides is 3. The molecular formula is C25H23F3N2O. The Balaban J connectivity index is 1.56. The van der Waals surface area contributed by atoms with Gasteiger partial charge in [0.2, 0.25) is 0 Å². The Morgan fingerprint density at radius 3 is 2.58 bits per heavy atom. The smallest absolute Gasteiger partial charge is 0.338 e. The molecule has 1 amide bonds. The summed E-state index contributed by atoms with van der Waals surface area (Å²) in [4.78, 5) is 19.0. The molecule has 1 atom stereocenters. The van der Waals surface area contributed by atoms with Gasteiger partial charge < -0.3 is 4.90 Å². The van der Waals surface area contributed by atoms with Crippen molar-refractivity contribution in [3.05, 3.63) is 88.7 Å². The maximum Gasteiger partial charge on any atom is 0.416 e. The lowest BCUT2D eigenvalue weighted by atomic mass is 9.95. The molecule has 31 heavy (non-hydrogen) atoms. The SMILES string of the molecule is Cc1cc(-c2ccc(C(=O)N3CCC(c4cccnc4)C3)cc2C)cc(C(F)(F)F)c1. The summed E-state index contributed by atoms with van der Waals surface area (Å²) >= 11 is 0. The van der Waals surface area contributed by atoms with E-state index in [2.05, 4.69) is 4.98 Å². The van der Waals surface area contributed by atoms with Gasteiger partial charge in [0, 0.05) is 37.0 Å². The summed E-state index contributed by atoms with van der Waals surface area (Å²) in [6.45, 7) is 4.78. The van der Waals surface area contributed by atoms with Crippen LogP contribution in [0.3, 0.4) is 0 Å². The van der Waals surface area contributed by atoms with Gasteiger partial charge in [0.15, 0.2) is 0 Å². The Morgan fingerprint density at radius 1 is 1.10 bits per heavy atom. The van der Waals surface area contributed by atoms with E-state index >= 15 is 0 Å². The molecule has 3 nitrogen and oxygen atoms in total. The van der Waals surface area contributed by atoms with Crippen molar-refractivity contribution in [3.8, 4) is 11.1 Å². The summed E-state index contributed by atoms with van der Waals surface area (Å²) in [5.74, 6) is 0.215. The molecule has 0 N–H and O–H groups in total. The molecule has 160 valence electrons. The van der Waals surface area contributed by atoms with Crippen LogP contribution in [0.25, 0.3) is 11.1 Å². The number of hydrogen-bond acceptors (Lipinski definition) is 2. The van der Waals surface area contributed by atoms with Crippen LogP contribution in [0.2, 0.25) is 0 Å². The molecule has 2 heterocycles. The third-order valence-electron chi connectivity index (χ3n) is 5.82. The van der Waals surface area contributed by atoms with Crippen molar-refractivity contribution in [2.75, 3.05) is 13.1 Å². The molecule has 3 aromatic rings. The van der Waals surface area contributed by atoms with Crippen LogP contribution in [0.5, 0.6) is 0 Å². The fraction of sp³-hybridized carbons (Fsp3) is 0.280. The molecule has 0 radical (unpaired) electrons. The highest BCUT2D eigenvalue weighted by molar-refractivity contribution is 5.95. The molecule has 1 fully saturated rings. The average molecular weight is 424 g/mol. The summed E-state index contributed by atoms with van der Waals surface area (Å²) in [7, 11) is 0. The highest BCUT2D eigenvalue weighted by Crippen LogP contribution is 2.35. The maximum absolute atomic E-state index is 13.2. The van der Waals surface area contributed by atoms with Gasteiger partial charge >= 0.3 is 6.18 Å². The number of rotatable bonds is 3. The van der Waals surface area contributed by atoms with E-state index in [1.165, 1.54) is 0 Å². The van der Waals surface area contributed by atoms with Crippen LogP contribution in [-0.2, 0) is 6.18 Å². The number of nitrogens with zero attached hydrogens (tertiary/aromatic N) is 2. The monoisotopic (exact) mass is 424 g/mol. The van der Waals surface area contributed by atoms with Gasteiger partial charge in [0.05, 0.1) is 5.56 Å². The second-order valence-electron chi connectivity index (χ2n) is 8.14. The highest BCUT2D eigenvalue weighted by Gasteiger charge is 2.31. The number of amides is 1. The number of benzene rings is 2. The Morgan fingerprint density at radius 2 is 1.90 bits per heavy atom. The van der Waals surface area contributed by atoms with E-state index < -0.39 is 11.7 Å². The second-order valence-corrected chi connectivity index (χ2v) is 8.14. The first-order chi connectivity index (χ1) is 14.7. The van der Waals surface area contributed by atoms with Gasteiger partial charge in [-0.25, -0.2) is 0 Å². The molecule has 1 aliphatic heterocycles. The van der Waals surface area contributed by atoms with Crippen molar-refractivity contribution in [2.45, 2.75) is 32.4 Å². The molecule has 0 bridgehead atoms. The fourth-order valence-electron chi connectivity index (χ4n) is 4.24. The van der Waals surface area contributed by atoms with Crippen molar-refractivity contribution in [2.24, 2.45) is 0 Å². The molecule has 1 aliphatic rings. The zero-order valence-corrected chi connectivity index (χ0v) is 17.4. The normalized spacial score (nSPS) is 16.5. The second kappa shape index (κ2) is 8.17. The number of pyridine rings is 1. The summed E-state index contributed by atoms with van der Waals surface area (Å²) in [5, 5.41) is 0. The van der Waals surface area contributed by atoms with Crippen LogP contribution in [0.1, 0.15) is 45.0 Å². The largest absolute Gasteiger partial charge is 0.416 e. The van der Waals surface area contributed by atoms with Crippen LogP contribution < -0.4 is 0 Å². The van der Waals surface area contributed by atoms with E-state index in [0.29, 0.717) is 35.3 Å². The van der Waals surface area contributed by atoms with E-state index in [-0.39, 0.29) is 11.8 Å². The molecule has 0 spiro atoms. The molecular weight excluding hydrogens is 401 g/mol. The Hall–Kier alpha value is -3.15. The molecule has 4 rings (SSSR count). The Bertz CT molecular complexity index is 1110. The molecule has 0 saturated carbocycles. The van der Waals surface area contributed by atoms with Gasteiger partial charge in [-0.3, -0.25) is 9.78 Å². The Labute approximate surface area is 179 Å². The summed E-state index contributed by atoms with van der Waals surface area (Å²) in [6, 6.07) is 13.2. The Kier molecular flexibility index (Phi) is 5.56. The lowest BCUT2D eigenvalue weighted by Crippen LogP contribution is -2.28. The van der Waals surface area contributed by atoms with E-state index in [4.69, 9.17) is 0 Å². The third kappa shape index (κ3) is 4.48. The molecule has 1 aromatic heterocycles. The van der Waals surface area contributed by atoms with Gasteiger partial charge in [-0.15, -0.1) is 0 Å². The summed E-state index contributed by atoms with van der Waals surface area (Å²) < 4.78 is 39.6. The lowest BCUT2D eigenvalue weighted by molar-refractivity contribution is -0.137. The van der Waals surface area contributed by atoms with Crippen molar-refractivity contribution in [1.29, 1.82) is 0 Å². The number of aryl methyl sites for hydroxylation is 2. The van der Waals surface area contributed by atoms with Crippen molar-refractivity contribution < 1.29 is 18.0 Å². The van der Waals surface area contributed by atoms with Crippen LogP contribution in [0.4, 0.5) is 13.2 Å². The van der Waals surface area contributed by atoms with Gasteiger partial charge in [-0.1, -0.05) is 18.2 Å². The number of aromatic nitrogens is 1. The van der Waals surface area contributed by atoms with Gasteiger partial charge in [-0.2, -0.15) is 13.2 Å². The fourth-order valence-corrected chi connectivity index (χ4v) is 4.24. The van der Waals surface area contributed by atoms with Crippen molar-refractivity contribution in [3.63, 3.8) is 0 Å². The number of likely N-dealkylation sites (tertiary alicyclic amines) is 1. The first-order valence-electron chi connectivity index (χ1n) is 10.2. The highest BCUT2D eigenvalue weighted by atomic mass is 19.4. The van der Waals surface area contributed by atoms with E-state index in [0.717, 1.165) is 29.7 Å². The number of carbonyl (C=O) groups excluding carboxylic acids is 1. The minimum Gasteiger partial charge on any atom is -0.338 e. The van der Waals surface area contributed by atoms with Crippen molar-refractivity contribution >= 4 is 5.91 Å². The molecule has 2 aromatic carbocycles. The maximum atomic E-state index is 13.2. The van der Waals surface area contributed by atoms with Crippen LogP contribution >= 0.6 is 0 Å². The number of hydrogen-bond donors (Lipinski definition) is 0. The predicted molar refractivity (Wildman–Crippen MR) is 114 cm³/mol. The van der Waals surface area contributed by atoms with Crippen molar-refractivity contribution in [1.82, 2.24) is 9.88 Å². The van der Waals surface area contributed by atoms with E-state index in [9.17, 15) is 18.0 Å². The molecule has 1 saturated heterocycles. The summed E-state index contributed by atoms with van der Waals surface area (Å²) in [5.41, 5.74) is 3.53. The number of halogens is 3. The van der Waals surface area contributed by atoms with Crippen LogP contribution in [0, 0.1) is 13.8 Å². The minimum atomic E-state index is -4.40. The van der Waals surface area contributed by atoms with Gasteiger partial charge in [0.1, 0.15) is 0 Å². The van der Waals surface area contributed by atoms with Gasteiger partial charge in [-0.05, 0) is 78.4 Å². The zero-order chi connectivity index (χ0) is 22.2. The topological polar surface area (TPSA) is 33.2 Å². The van der Waals surface area contributed by atoms with E-state index in [1.807, 2.05) is 30.2 Å². The predicted octanol–water partition coefficient (Wildman–Crippen LogP) is 6.01. The molecule has 6 heteroatoms. The molecule has 0 aliphatic carbocycles. The minimum absolute atomic E-state index is 0.0544. The molecule has 1 unspecified atom stereocenters. The number of carbonyl (C=O) groups is 1. The first-order valence-corrected chi connectivity index (χ1v) is 10.2. The van der Waals surface area contributed by atoms with Crippen LogP contribution in [0.15, 0.2) is 60.9 Å². The quantitative estimate of drug-likeness (QED) is 0.516. The average Bonchev–Trinajstić information content (AvgIpc) is 3.23. The van der Waals surface area contributed by atoms with Gasteiger partial charge in [0.25, 0.3) is 5.91 Å². The van der Waals surface area contributed by atoms with Crippen LogP contribution in [-0.4, -0.2) is 28.9 Å². The summed E-state index contributed by atoms with van der Waals surface area (Å²) in [6.07, 6.45) is 0.0649.